The lowest BCUT2D eigenvalue weighted by atomic mass is 9.95. The zero-order valence-corrected chi connectivity index (χ0v) is 16.9. The van der Waals surface area contributed by atoms with Crippen molar-refractivity contribution < 1.29 is 14.3 Å². The molecule has 0 aromatic heterocycles. The van der Waals surface area contributed by atoms with Crippen molar-refractivity contribution in [3.63, 3.8) is 0 Å². The Bertz CT molecular complexity index is 341. The molecule has 146 valence electrons. The fourth-order valence-electron chi connectivity index (χ4n) is 3.66. The third kappa shape index (κ3) is 10.9. The molecule has 1 amide bonds. The molecule has 1 saturated heterocycles. The van der Waals surface area contributed by atoms with Gasteiger partial charge in [0.2, 0.25) is 5.91 Å². The molecule has 3 atom stereocenters. The molecule has 25 heavy (non-hydrogen) atoms. The van der Waals surface area contributed by atoms with Crippen LogP contribution in [0.4, 0.5) is 0 Å². The van der Waals surface area contributed by atoms with E-state index >= 15 is 0 Å². The van der Waals surface area contributed by atoms with E-state index in [9.17, 15) is 4.79 Å². The van der Waals surface area contributed by atoms with E-state index in [0.29, 0.717) is 13.0 Å². The maximum absolute atomic E-state index is 12.1. The van der Waals surface area contributed by atoms with Gasteiger partial charge in [-0.25, -0.2) is 0 Å². The van der Waals surface area contributed by atoms with Crippen LogP contribution in [0.25, 0.3) is 0 Å². The molecule has 0 radical (unpaired) electrons. The monoisotopic (exact) mass is 353 g/mol. The van der Waals surface area contributed by atoms with Gasteiger partial charge in [-0.15, -0.1) is 0 Å². The highest BCUT2D eigenvalue weighted by Gasteiger charge is 2.33. The summed E-state index contributed by atoms with van der Waals surface area (Å²) < 4.78 is 11.0. The molecule has 1 rings (SSSR count). The van der Waals surface area contributed by atoms with Gasteiger partial charge in [-0.05, 0) is 12.8 Å². The van der Waals surface area contributed by atoms with E-state index < -0.39 is 0 Å². The van der Waals surface area contributed by atoms with Crippen LogP contribution in [0.3, 0.4) is 0 Å². The van der Waals surface area contributed by atoms with Gasteiger partial charge in [-0.1, -0.05) is 71.1 Å². The minimum absolute atomic E-state index is 0.00118. The molecular weight excluding hydrogens is 313 g/mol. The van der Waals surface area contributed by atoms with Crippen molar-refractivity contribution in [3.05, 3.63) is 0 Å². The van der Waals surface area contributed by atoms with Gasteiger partial charge >= 0.3 is 0 Å². The molecule has 0 aromatic carbocycles. The smallest absolute Gasteiger partial charge is 0.220 e. The number of amides is 1. The van der Waals surface area contributed by atoms with Gasteiger partial charge in [-0.2, -0.15) is 0 Å². The van der Waals surface area contributed by atoms with Crippen LogP contribution in [0.5, 0.6) is 0 Å². The zero-order chi connectivity index (χ0) is 18.3. The first-order valence-corrected chi connectivity index (χ1v) is 10.6. The van der Waals surface area contributed by atoms with E-state index in [1.54, 1.807) is 7.11 Å². The highest BCUT2D eigenvalue weighted by molar-refractivity contribution is 6.11. The number of hydrogen-bond donors (Lipinski definition) is 1. The lowest BCUT2D eigenvalue weighted by molar-refractivity contribution is -0.122. The van der Waals surface area contributed by atoms with E-state index in [-0.39, 0.29) is 24.1 Å². The fraction of sp³-hybridized carbons (Fsp3) is 0.950. The molecule has 5 heteroatoms. The van der Waals surface area contributed by atoms with Crippen LogP contribution in [-0.2, 0) is 14.3 Å². The number of carbonyl (C=O) groups excluding carboxylic acids is 1. The Labute approximate surface area is 156 Å². The van der Waals surface area contributed by atoms with E-state index in [2.05, 4.69) is 20.1 Å². The molecule has 1 unspecified atom stereocenters. The summed E-state index contributed by atoms with van der Waals surface area (Å²) >= 11 is 0. The molecule has 0 aliphatic carbocycles. The van der Waals surface area contributed by atoms with Crippen molar-refractivity contribution in [1.29, 1.82) is 0 Å². The Kier molecular flexibility index (Phi) is 13.1. The molecule has 0 aromatic rings. The van der Waals surface area contributed by atoms with Crippen molar-refractivity contribution in [1.82, 2.24) is 5.32 Å². The van der Waals surface area contributed by atoms with E-state index in [4.69, 9.17) is 9.47 Å². The first-order chi connectivity index (χ1) is 12.2. The van der Waals surface area contributed by atoms with Gasteiger partial charge in [0.25, 0.3) is 0 Å². The van der Waals surface area contributed by atoms with Crippen molar-refractivity contribution in [2.24, 2.45) is 0 Å². The predicted octanol–water partition coefficient (Wildman–Crippen LogP) is 3.57. The normalized spacial score (nSPS) is 23.0. The van der Waals surface area contributed by atoms with Crippen molar-refractivity contribution in [2.75, 3.05) is 13.7 Å². The number of methoxy groups -OCH3 is 1. The van der Waals surface area contributed by atoms with Gasteiger partial charge in [-0.3, -0.25) is 4.79 Å². The average Bonchev–Trinajstić information content (AvgIpc) is 2.92. The second-order valence-corrected chi connectivity index (χ2v) is 7.64. The standard InChI is InChI=1S/C20H40BNO3/c1-3-4-5-6-7-8-9-10-11-12-13-14-20(23)22-17-15-19(21)25-18(17)16-24-2/h17-19H,3-16,21H2,1-2H3,(H,22,23)/t17?,18-,19-/m1/s1. The number of hydrogen-bond acceptors (Lipinski definition) is 3. The minimum atomic E-state index is 0.00118. The first-order valence-electron chi connectivity index (χ1n) is 10.6. The predicted molar refractivity (Wildman–Crippen MR) is 107 cm³/mol. The Hall–Kier alpha value is -0.545. The number of rotatable bonds is 15. The van der Waals surface area contributed by atoms with Gasteiger partial charge in [0.15, 0.2) is 0 Å². The summed E-state index contributed by atoms with van der Waals surface area (Å²) in [4.78, 5) is 12.1. The second kappa shape index (κ2) is 14.6. The summed E-state index contributed by atoms with van der Waals surface area (Å²) in [6, 6.07) is 0.308. The average molecular weight is 353 g/mol. The number of ether oxygens (including phenoxy) is 2. The molecular formula is C20H40BNO3. The summed E-state index contributed by atoms with van der Waals surface area (Å²) in [6.07, 6.45) is 15.9. The lowest BCUT2D eigenvalue weighted by Crippen LogP contribution is -2.42. The highest BCUT2D eigenvalue weighted by Crippen LogP contribution is 2.19. The van der Waals surface area contributed by atoms with Crippen LogP contribution in [0, 0.1) is 0 Å². The number of unbranched alkanes of at least 4 members (excludes halogenated alkanes) is 10. The van der Waals surface area contributed by atoms with E-state index in [0.717, 1.165) is 12.8 Å². The molecule has 0 saturated carbocycles. The zero-order valence-electron chi connectivity index (χ0n) is 16.9. The Morgan fingerprint density at radius 3 is 2.16 bits per heavy atom. The summed E-state index contributed by atoms with van der Waals surface area (Å²) in [7, 11) is 3.73. The molecule has 1 fully saturated rings. The van der Waals surface area contributed by atoms with Crippen LogP contribution in [-0.4, -0.2) is 45.6 Å². The Balaban J connectivity index is 1.95. The third-order valence-electron chi connectivity index (χ3n) is 5.13. The summed E-state index contributed by atoms with van der Waals surface area (Å²) in [5.74, 6) is 0.166. The first kappa shape index (κ1) is 22.5. The molecule has 1 aliphatic heterocycles. The molecule has 1 aliphatic rings. The molecule has 1 N–H and O–H groups in total. The number of carbonyl (C=O) groups is 1. The van der Waals surface area contributed by atoms with Crippen LogP contribution < -0.4 is 5.32 Å². The fourth-order valence-corrected chi connectivity index (χ4v) is 3.66. The quantitative estimate of drug-likeness (QED) is 0.362. The molecule has 1 heterocycles. The van der Waals surface area contributed by atoms with Gasteiger partial charge < -0.3 is 14.8 Å². The second-order valence-electron chi connectivity index (χ2n) is 7.64. The van der Waals surface area contributed by atoms with Gasteiger partial charge in [0, 0.05) is 19.5 Å². The van der Waals surface area contributed by atoms with Gasteiger partial charge in [0.1, 0.15) is 14.0 Å². The Morgan fingerprint density at radius 2 is 1.60 bits per heavy atom. The van der Waals surface area contributed by atoms with Crippen LogP contribution in [0.2, 0.25) is 0 Å². The molecule has 0 spiro atoms. The maximum atomic E-state index is 12.1. The third-order valence-corrected chi connectivity index (χ3v) is 5.13. The summed E-state index contributed by atoms with van der Waals surface area (Å²) in [5, 5.41) is 3.14. The van der Waals surface area contributed by atoms with Crippen LogP contribution >= 0.6 is 0 Å². The van der Waals surface area contributed by atoms with Gasteiger partial charge in [0.05, 0.1) is 12.6 Å². The van der Waals surface area contributed by atoms with E-state index in [1.807, 2.05) is 0 Å². The SMILES string of the molecule is B[C@H]1CC(NC(=O)CCCCCCCCCCCCC)[C@@H](COC)O1. The van der Waals surface area contributed by atoms with Crippen molar-refractivity contribution in [3.8, 4) is 0 Å². The summed E-state index contributed by atoms with van der Waals surface area (Å²) in [6.45, 7) is 2.81. The lowest BCUT2D eigenvalue weighted by Gasteiger charge is -2.19. The van der Waals surface area contributed by atoms with Crippen molar-refractivity contribution >= 4 is 13.8 Å². The van der Waals surface area contributed by atoms with Crippen LogP contribution in [0.1, 0.15) is 90.4 Å². The molecule has 4 nitrogen and oxygen atoms in total. The summed E-state index contributed by atoms with van der Waals surface area (Å²) in [5.41, 5.74) is 0. The number of nitrogens with one attached hydrogen (secondary N) is 1. The van der Waals surface area contributed by atoms with Crippen molar-refractivity contribution in [2.45, 2.75) is 109 Å². The van der Waals surface area contributed by atoms with E-state index in [1.165, 1.54) is 64.2 Å². The Morgan fingerprint density at radius 1 is 1.04 bits per heavy atom. The topological polar surface area (TPSA) is 47.6 Å². The highest BCUT2D eigenvalue weighted by atomic mass is 16.5. The molecule has 0 bridgehead atoms. The minimum Gasteiger partial charge on any atom is -0.382 e. The largest absolute Gasteiger partial charge is 0.382 e. The van der Waals surface area contributed by atoms with Crippen LogP contribution in [0.15, 0.2) is 0 Å². The maximum Gasteiger partial charge on any atom is 0.220 e.